The second-order valence-corrected chi connectivity index (χ2v) is 6.02. The summed E-state index contributed by atoms with van der Waals surface area (Å²) in [5.41, 5.74) is 2.22. The molecule has 2 aromatic carbocycles. The second-order valence-electron chi connectivity index (χ2n) is 6.02. The third kappa shape index (κ3) is 5.42. The Morgan fingerprint density at radius 1 is 1.18 bits per heavy atom. The number of ether oxygens (including phenoxy) is 2. The molecule has 0 saturated heterocycles. The van der Waals surface area contributed by atoms with Gasteiger partial charge in [0.05, 0.1) is 14.2 Å². The number of anilines is 1. The Bertz CT molecular complexity index is 916. The molecule has 28 heavy (non-hydrogen) atoms. The van der Waals surface area contributed by atoms with Crippen LogP contribution in [0.2, 0.25) is 0 Å². The maximum Gasteiger partial charge on any atom is 0.267 e. The molecule has 3 N–H and O–H groups in total. The maximum atomic E-state index is 12.3. The van der Waals surface area contributed by atoms with Crippen LogP contribution in [-0.2, 0) is 11.2 Å². The fourth-order valence-electron chi connectivity index (χ4n) is 2.55. The van der Waals surface area contributed by atoms with E-state index < -0.39 is 5.91 Å². The number of amides is 1. The Kier molecular flexibility index (Phi) is 7.28. The predicted octanol–water partition coefficient (Wildman–Crippen LogP) is 2.90. The topological polar surface area (TPSA) is 104 Å². The number of nitriles is 1. The molecule has 0 aliphatic heterocycles. The van der Waals surface area contributed by atoms with Gasteiger partial charge in [0.1, 0.15) is 17.4 Å². The number of carbonyl (C=O) groups is 1. The van der Waals surface area contributed by atoms with Crippen LogP contribution in [0.15, 0.2) is 48.2 Å². The van der Waals surface area contributed by atoms with E-state index in [9.17, 15) is 15.2 Å². The molecule has 0 heterocycles. The van der Waals surface area contributed by atoms with E-state index in [1.807, 2.05) is 24.3 Å². The molecule has 7 nitrogen and oxygen atoms in total. The fraction of sp³-hybridized carbons (Fsp3) is 0.238. The molecule has 0 spiro atoms. The summed E-state index contributed by atoms with van der Waals surface area (Å²) in [5, 5.41) is 24.3. The van der Waals surface area contributed by atoms with Crippen molar-refractivity contribution in [2.24, 2.45) is 0 Å². The fourth-order valence-corrected chi connectivity index (χ4v) is 2.55. The van der Waals surface area contributed by atoms with Crippen LogP contribution in [0.3, 0.4) is 0 Å². The Balaban J connectivity index is 1.94. The molecule has 0 bridgehead atoms. The number of nitrogens with one attached hydrogen (secondary N) is 2. The third-order valence-electron chi connectivity index (χ3n) is 4.08. The molecule has 7 heteroatoms. The largest absolute Gasteiger partial charge is 0.508 e. The smallest absolute Gasteiger partial charge is 0.267 e. The van der Waals surface area contributed by atoms with Gasteiger partial charge in [-0.25, -0.2) is 0 Å². The zero-order valence-electron chi connectivity index (χ0n) is 16.1. The van der Waals surface area contributed by atoms with Crippen molar-refractivity contribution in [3.63, 3.8) is 0 Å². The van der Waals surface area contributed by atoms with Gasteiger partial charge >= 0.3 is 0 Å². The zero-order chi connectivity index (χ0) is 20.5. The average molecular weight is 381 g/mol. The van der Waals surface area contributed by atoms with E-state index in [0.717, 1.165) is 5.56 Å². The van der Waals surface area contributed by atoms with Crippen LogP contribution >= 0.6 is 0 Å². The van der Waals surface area contributed by atoms with Crippen molar-refractivity contribution in [2.75, 3.05) is 26.1 Å². The standard InChI is InChI=1S/C21H23N3O4/c1-14-10-17(25)5-6-18(14)24-21(26)16(12-22)13-23-9-8-15-4-7-19(27-2)20(11-15)28-3/h4-7,10-11,13,23,25H,8-9H2,1-3H3,(H,24,26)/b16-13-. The van der Waals surface area contributed by atoms with E-state index >= 15 is 0 Å². The van der Waals surface area contributed by atoms with E-state index in [0.29, 0.717) is 35.7 Å². The van der Waals surface area contributed by atoms with Crippen molar-refractivity contribution < 1.29 is 19.4 Å². The quantitative estimate of drug-likeness (QED) is 0.281. The van der Waals surface area contributed by atoms with Gasteiger partial charge < -0.3 is 25.2 Å². The van der Waals surface area contributed by atoms with Gasteiger partial charge in [0.15, 0.2) is 11.5 Å². The van der Waals surface area contributed by atoms with Gasteiger partial charge in [-0.15, -0.1) is 0 Å². The van der Waals surface area contributed by atoms with Crippen molar-refractivity contribution in [3.8, 4) is 23.3 Å². The summed E-state index contributed by atoms with van der Waals surface area (Å²) in [4.78, 5) is 12.3. The van der Waals surface area contributed by atoms with Crippen LogP contribution in [0.5, 0.6) is 17.2 Å². The summed E-state index contributed by atoms with van der Waals surface area (Å²) >= 11 is 0. The minimum atomic E-state index is -0.519. The van der Waals surface area contributed by atoms with Crippen molar-refractivity contribution in [1.29, 1.82) is 5.26 Å². The summed E-state index contributed by atoms with van der Waals surface area (Å²) in [6.07, 6.45) is 2.07. The lowest BCUT2D eigenvalue weighted by Crippen LogP contribution is -2.18. The van der Waals surface area contributed by atoms with Crippen molar-refractivity contribution in [3.05, 3.63) is 59.3 Å². The molecule has 0 saturated carbocycles. The van der Waals surface area contributed by atoms with E-state index in [-0.39, 0.29) is 11.3 Å². The summed E-state index contributed by atoms with van der Waals surface area (Å²) < 4.78 is 10.5. The van der Waals surface area contributed by atoms with Crippen LogP contribution in [0.1, 0.15) is 11.1 Å². The summed E-state index contributed by atoms with van der Waals surface area (Å²) in [7, 11) is 3.16. The Labute approximate surface area is 164 Å². The van der Waals surface area contributed by atoms with Crippen molar-refractivity contribution in [2.45, 2.75) is 13.3 Å². The SMILES string of the molecule is COc1ccc(CCN/C=C(/C#N)C(=O)Nc2ccc(O)cc2C)cc1OC. The number of aryl methyl sites for hydroxylation is 1. The van der Waals surface area contributed by atoms with Gasteiger partial charge in [0, 0.05) is 18.4 Å². The first-order chi connectivity index (χ1) is 13.5. The molecular weight excluding hydrogens is 358 g/mol. The van der Waals surface area contributed by atoms with Gasteiger partial charge in [0.25, 0.3) is 5.91 Å². The highest BCUT2D eigenvalue weighted by Gasteiger charge is 2.11. The van der Waals surface area contributed by atoms with Crippen LogP contribution in [-0.4, -0.2) is 31.8 Å². The maximum absolute atomic E-state index is 12.3. The van der Waals surface area contributed by atoms with Crippen LogP contribution in [0, 0.1) is 18.3 Å². The van der Waals surface area contributed by atoms with Gasteiger partial charge in [-0.2, -0.15) is 5.26 Å². The van der Waals surface area contributed by atoms with Crippen LogP contribution in [0.4, 0.5) is 5.69 Å². The summed E-state index contributed by atoms with van der Waals surface area (Å²) in [6.45, 7) is 2.29. The highest BCUT2D eigenvalue weighted by atomic mass is 16.5. The van der Waals surface area contributed by atoms with Crippen LogP contribution < -0.4 is 20.1 Å². The number of hydrogen-bond acceptors (Lipinski definition) is 6. The van der Waals surface area contributed by atoms with Gasteiger partial charge in [0.2, 0.25) is 0 Å². The molecule has 146 valence electrons. The molecule has 0 radical (unpaired) electrons. The monoisotopic (exact) mass is 381 g/mol. The number of nitrogens with zero attached hydrogens (tertiary/aromatic N) is 1. The molecule has 0 fully saturated rings. The lowest BCUT2D eigenvalue weighted by molar-refractivity contribution is -0.112. The first kappa shape index (κ1) is 20.6. The van der Waals surface area contributed by atoms with Gasteiger partial charge in [-0.3, -0.25) is 4.79 Å². The van der Waals surface area contributed by atoms with Crippen molar-refractivity contribution in [1.82, 2.24) is 5.32 Å². The third-order valence-corrected chi connectivity index (χ3v) is 4.08. The highest BCUT2D eigenvalue weighted by molar-refractivity contribution is 6.06. The Morgan fingerprint density at radius 2 is 1.93 bits per heavy atom. The normalized spacial score (nSPS) is 10.7. The number of hydrogen-bond donors (Lipinski definition) is 3. The number of phenolic OH excluding ortho intramolecular Hbond substituents is 1. The molecule has 0 aliphatic carbocycles. The molecule has 0 atom stereocenters. The summed E-state index contributed by atoms with van der Waals surface area (Å²) in [5.74, 6) is 0.905. The van der Waals surface area contributed by atoms with Gasteiger partial charge in [-0.05, 0) is 54.8 Å². The van der Waals surface area contributed by atoms with Gasteiger partial charge in [-0.1, -0.05) is 6.07 Å². The predicted molar refractivity (Wildman–Crippen MR) is 106 cm³/mol. The van der Waals surface area contributed by atoms with E-state index in [1.165, 1.54) is 18.3 Å². The minimum absolute atomic E-state index is 0.0419. The molecule has 2 rings (SSSR count). The molecule has 0 unspecified atom stereocenters. The molecular formula is C21H23N3O4. The number of carbonyl (C=O) groups excluding carboxylic acids is 1. The first-order valence-corrected chi connectivity index (χ1v) is 8.64. The molecule has 2 aromatic rings. The molecule has 0 aromatic heterocycles. The number of phenols is 1. The summed E-state index contributed by atoms with van der Waals surface area (Å²) in [6, 6.07) is 12.1. The zero-order valence-corrected chi connectivity index (χ0v) is 16.1. The van der Waals surface area contributed by atoms with E-state index in [2.05, 4.69) is 10.6 Å². The lowest BCUT2D eigenvalue weighted by atomic mass is 10.1. The second kappa shape index (κ2) is 9.88. The Morgan fingerprint density at radius 3 is 2.57 bits per heavy atom. The first-order valence-electron chi connectivity index (χ1n) is 8.64. The molecule has 1 amide bonds. The number of methoxy groups -OCH3 is 2. The van der Waals surface area contributed by atoms with E-state index in [4.69, 9.17) is 9.47 Å². The molecule has 0 aliphatic rings. The van der Waals surface area contributed by atoms with Crippen LogP contribution in [0.25, 0.3) is 0 Å². The van der Waals surface area contributed by atoms with Crippen molar-refractivity contribution >= 4 is 11.6 Å². The Hall–Kier alpha value is -3.66. The average Bonchev–Trinajstić information content (AvgIpc) is 2.69. The lowest BCUT2D eigenvalue weighted by Gasteiger charge is -2.10. The van der Waals surface area contributed by atoms with E-state index in [1.54, 1.807) is 27.2 Å². The highest BCUT2D eigenvalue weighted by Crippen LogP contribution is 2.27. The number of rotatable bonds is 8. The minimum Gasteiger partial charge on any atom is -0.508 e. The number of benzene rings is 2. The number of aromatic hydroxyl groups is 1.